The van der Waals surface area contributed by atoms with E-state index in [9.17, 15) is 0 Å². The molecule has 0 bridgehead atoms. The third-order valence-corrected chi connectivity index (χ3v) is 2.17. The van der Waals surface area contributed by atoms with Crippen molar-refractivity contribution in [1.29, 1.82) is 0 Å². The topological polar surface area (TPSA) is 17.8 Å². The summed E-state index contributed by atoms with van der Waals surface area (Å²) >= 11 is 0. The maximum absolute atomic E-state index is 4.42. The summed E-state index contributed by atoms with van der Waals surface area (Å²) in [5.41, 5.74) is 2.41. The molecule has 0 aliphatic carbocycles. The Kier molecular flexibility index (Phi) is 1.61. The zero-order valence-corrected chi connectivity index (χ0v) is 7.41. The molecule has 2 rings (SSSR count). The van der Waals surface area contributed by atoms with Gasteiger partial charge in [0.2, 0.25) is 0 Å². The van der Waals surface area contributed by atoms with Crippen molar-refractivity contribution < 1.29 is 0 Å². The number of benzene rings is 1. The minimum absolute atomic E-state index is 1.00. The number of para-hydroxylation sites is 1. The van der Waals surface area contributed by atoms with Gasteiger partial charge < -0.3 is 0 Å². The van der Waals surface area contributed by atoms with E-state index in [1.807, 2.05) is 17.8 Å². The SMILES string of the molecule is CCc1nn(C)c2ccccc12. The van der Waals surface area contributed by atoms with Crippen LogP contribution < -0.4 is 0 Å². The lowest BCUT2D eigenvalue weighted by Crippen LogP contribution is -1.90. The third-order valence-electron chi connectivity index (χ3n) is 2.17. The summed E-state index contributed by atoms with van der Waals surface area (Å²) in [4.78, 5) is 0. The van der Waals surface area contributed by atoms with E-state index in [0.29, 0.717) is 0 Å². The molecule has 0 spiro atoms. The molecular weight excluding hydrogens is 148 g/mol. The van der Waals surface area contributed by atoms with E-state index in [4.69, 9.17) is 0 Å². The third kappa shape index (κ3) is 0.916. The fraction of sp³-hybridized carbons (Fsp3) is 0.300. The average Bonchev–Trinajstić information content (AvgIpc) is 2.44. The summed E-state index contributed by atoms with van der Waals surface area (Å²) in [6.07, 6.45) is 1.00. The van der Waals surface area contributed by atoms with Gasteiger partial charge in [-0.1, -0.05) is 25.1 Å². The Morgan fingerprint density at radius 2 is 2.08 bits per heavy atom. The summed E-state index contributed by atoms with van der Waals surface area (Å²) in [6, 6.07) is 8.33. The van der Waals surface area contributed by atoms with Gasteiger partial charge >= 0.3 is 0 Å². The van der Waals surface area contributed by atoms with Crippen LogP contribution in [-0.4, -0.2) is 9.78 Å². The first-order valence-corrected chi connectivity index (χ1v) is 4.23. The van der Waals surface area contributed by atoms with E-state index in [1.165, 1.54) is 16.6 Å². The lowest BCUT2D eigenvalue weighted by atomic mass is 10.2. The van der Waals surface area contributed by atoms with Crippen molar-refractivity contribution in [2.45, 2.75) is 13.3 Å². The van der Waals surface area contributed by atoms with E-state index >= 15 is 0 Å². The normalized spacial score (nSPS) is 10.8. The lowest BCUT2D eigenvalue weighted by Gasteiger charge is -1.90. The second-order valence-electron chi connectivity index (χ2n) is 2.94. The van der Waals surface area contributed by atoms with Gasteiger partial charge in [-0.25, -0.2) is 0 Å². The van der Waals surface area contributed by atoms with Crippen LogP contribution in [0, 0.1) is 0 Å². The number of nitrogens with zero attached hydrogens (tertiary/aromatic N) is 2. The van der Waals surface area contributed by atoms with Gasteiger partial charge in [0.1, 0.15) is 0 Å². The highest BCUT2D eigenvalue weighted by atomic mass is 15.3. The van der Waals surface area contributed by atoms with E-state index in [0.717, 1.165) is 6.42 Å². The Hall–Kier alpha value is -1.31. The van der Waals surface area contributed by atoms with Gasteiger partial charge in [-0.05, 0) is 12.5 Å². The second-order valence-corrected chi connectivity index (χ2v) is 2.94. The molecule has 2 aromatic rings. The quantitative estimate of drug-likeness (QED) is 0.625. The van der Waals surface area contributed by atoms with Gasteiger partial charge in [0.25, 0.3) is 0 Å². The molecular formula is C10H12N2. The van der Waals surface area contributed by atoms with Crippen molar-refractivity contribution in [2.24, 2.45) is 7.05 Å². The van der Waals surface area contributed by atoms with Crippen molar-refractivity contribution >= 4 is 10.9 Å². The average molecular weight is 160 g/mol. The Bertz CT molecular complexity index is 401. The summed E-state index contributed by atoms with van der Waals surface area (Å²) in [6.45, 7) is 2.13. The van der Waals surface area contributed by atoms with Gasteiger partial charge in [0, 0.05) is 12.4 Å². The van der Waals surface area contributed by atoms with Crippen molar-refractivity contribution in [3.8, 4) is 0 Å². The van der Waals surface area contributed by atoms with Crippen molar-refractivity contribution in [2.75, 3.05) is 0 Å². The summed E-state index contributed by atoms with van der Waals surface area (Å²) in [7, 11) is 1.99. The van der Waals surface area contributed by atoms with Crippen molar-refractivity contribution in [3.63, 3.8) is 0 Å². The summed E-state index contributed by atoms with van der Waals surface area (Å²) in [5.74, 6) is 0. The molecule has 0 aliphatic heterocycles. The number of aromatic nitrogens is 2. The van der Waals surface area contributed by atoms with Crippen LogP contribution in [0.1, 0.15) is 12.6 Å². The summed E-state index contributed by atoms with van der Waals surface area (Å²) < 4.78 is 1.94. The predicted molar refractivity (Wildman–Crippen MR) is 50.1 cm³/mol. The monoisotopic (exact) mass is 160 g/mol. The predicted octanol–water partition coefficient (Wildman–Crippen LogP) is 2.14. The molecule has 0 saturated heterocycles. The highest BCUT2D eigenvalue weighted by Gasteiger charge is 2.03. The van der Waals surface area contributed by atoms with Gasteiger partial charge in [0.05, 0.1) is 11.2 Å². The Labute approximate surface area is 71.8 Å². The number of hydrogen-bond donors (Lipinski definition) is 0. The van der Waals surface area contributed by atoms with Crippen LogP contribution in [0.25, 0.3) is 10.9 Å². The molecule has 0 unspecified atom stereocenters. The van der Waals surface area contributed by atoms with Crippen LogP contribution in [0.5, 0.6) is 0 Å². The molecule has 0 saturated carbocycles. The second kappa shape index (κ2) is 2.63. The minimum Gasteiger partial charge on any atom is -0.268 e. The van der Waals surface area contributed by atoms with Crippen LogP contribution in [0.2, 0.25) is 0 Å². The maximum atomic E-state index is 4.42. The first-order chi connectivity index (χ1) is 5.83. The molecule has 0 amide bonds. The van der Waals surface area contributed by atoms with Crippen LogP contribution in [0.4, 0.5) is 0 Å². The molecule has 1 heterocycles. The molecule has 2 heteroatoms. The first-order valence-electron chi connectivity index (χ1n) is 4.23. The van der Waals surface area contributed by atoms with Crippen LogP contribution in [-0.2, 0) is 13.5 Å². The standard InChI is InChI=1S/C10H12N2/c1-3-9-8-6-4-5-7-10(8)12(2)11-9/h4-7H,3H2,1-2H3. The highest BCUT2D eigenvalue weighted by Crippen LogP contribution is 2.17. The Morgan fingerprint density at radius 3 is 2.83 bits per heavy atom. The zero-order chi connectivity index (χ0) is 8.55. The van der Waals surface area contributed by atoms with Gasteiger partial charge in [-0.3, -0.25) is 4.68 Å². The molecule has 0 atom stereocenters. The van der Waals surface area contributed by atoms with Gasteiger partial charge in [-0.15, -0.1) is 0 Å². The number of rotatable bonds is 1. The Balaban J connectivity index is 2.82. The minimum atomic E-state index is 1.00. The molecule has 1 aromatic heterocycles. The molecule has 2 nitrogen and oxygen atoms in total. The van der Waals surface area contributed by atoms with E-state index in [-0.39, 0.29) is 0 Å². The number of aryl methyl sites for hydroxylation is 2. The molecule has 12 heavy (non-hydrogen) atoms. The number of hydrogen-bond acceptors (Lipinski definition) is 1. The molecule has 62 valence electrons. The smallest absolute Gasteiger partial charge is 0.0700 e. The first kappa shape index (κ1) is 7.35. The van der Waals surface area contributed by atoms with Crippen LogP contribution >= 0.6 is 0 Å². The maximum Gasteiger partial charge on any atom is 0.0700 e. The van der Waals surface area contributed by atoms with E-state index in [1.54, 1.807) is 0 Å². The largest absolute Gasteiger partial charge is 0.268 e. The van der Waals surface area contributed by atoms with Gasteiger partial charge in [-0.2, -0.15) is 5.10 Å². The highest BCUT2D eigenvalue weighted by molar-refractivity contribution is 5.81. The molecule has 0 radical (unpaired) electrons. The van der Waals surface area contributed by atoms with E-state index in [2.05, 4.69) is 30.2 Å². The lowest BCUT2D eigenvalue weighted by molar-refractivity contribution is 0.770. The Morgan fingerprint density at radius 1 is 1.33 bits per heavy atom. The molecule has 0 N–H and O–H groups in total. The van der Waals surface area contributed by atoms with Crippen molar-refractivity contribution in [3.05, 3.63) is 30.0 Å². The molecule has 0 aliphatic rings. The molecule has 1 aromatic carbocycles. The summed E-state index contributed by atoms with van der Waals surface area (Å²) in [5, 5.41) is 5.70. The van der Waals surface area contributed by atoms with Crippen molar-refractivity contribution in [1.82, 2.24) is 9.78 Å². The fourth-order valence-corrected chi connectivity index (χ4v) is 1.55. The zero-order valence-electron chi connectivity index (χ0n) is 7.41. The van der Waals surface area contributed by atoms with E-state index < -0.39 is 0 Å². The molecule has 0 fully saturated rings. The van der Waals surface area contributed by atoms with Gasteiger partial charge in [0.15, 0.2) is 0 Å². The number of fused-ring (bicyclic) bond motifs is 1. The van der Waals surface area contributed by atoms with Crippen LogP contribution in [0.3, 0.4) is 0 Å². The van der Waals surface area contributed by atoms with Crippen LogP contribution in [0.15, 0.2) is 24.3 Å². The fourth-order valence-electron chi connectivity index (χ4n) is 1.55.